The number of ether oxygens (including phenoxy) is 1. The number of nitrogens with zero attached hydrogens (tertiary/aromatic N) is 1. The predicted octanol–water partition coefficient (Wildman–Crippen LogP) is 4.88. The van der Waals surface area contributed by atoms with Gasteiger partial charge in [0.1, 0.15) is 11.8 Å². The molecule has 0 heterocycles. The molecule has 0 aliphatic heterocycles. The van der Waals surface area contributed by atoms with Gasteiger partial charge in [0.25, 0.3) is 5.91 Å². The van der Waals surface area contributed by atoms with Crippen molar-refractivity contribution < 1.29 is 14.3 Å². The van der Waals surface area contributed by atoms with Crippen LogP contribution in [0.3, 0.4) is 0 Å². The maximum Gasteiger partial charge on any atom is 0.261 e. The van der Waals surface area contributed by atoms with Crippen molar-refractivity contribution >= 4 is 11.8 Å². The van der Waals surface area contributed by atoms with Crippen LogP contribution >= 0.6 is 0 Å². The summed E-state index contributed by atoms with van der Waals surface area (Å²) in [6, 6.07) is 24.8. The first kappa shape index (κ1) is 25.0. The Morgan fingerprint density at radius 2 is 1.56 bits per heavy atom. The van der Waals surface area contributed by atoms with Crippen LogP contribution in [0.1, 0.15) is 42.0 Å². The van der Waals surface area contributed by atoms with Crippen LogP contribution < -0.4 is 10.1 Å². The second kappa shape index (κ2) is 12.0. The first-order valence-electron chi connectivity index (χ1n) is 11.7. The standard InChI is InChI=1S/C29H34N2O3/c1-21(2)24-14-16-26(17-15-24)34-20-28(32)31(19-25-13-9-8-10-22(25)3)27(29(33)30-4)18-23-11-6-5-7-12-23/h5-17,21,27H,18-20H2,1-4H3,(H,30,33)/t27-/m0/s1. The summed E-state index contributed by atoms with van der Waals surface area (Å²) in [6.45, 7) is 6.46. The minimum Gasteiger partial charge on any atom is -0.484 e. The molecule has 0 saturated carbocycles. The number of rotatable bonds is 10. The second-order valence-electron chi connectivity index (χ2n) is 8.78. The molecule has 0 aromatic heterocycles. The van der Waals surface area contributed by atoms with Crippen LogP contribution in [0.25, 0.3) is 0 Å². The summed E-state index contributed by atoms with van der Waals surface area (Å²) in [7, 11) is 1.60. The molecule has 2 amide bonds. The molecule has 0 unspecified atom stereocenters. The molecule has 3 aromatic carbocycles. The number of nitrogens with one attached hydrogen (secondary N) is 1. The van der Waals surface area contributed by atoms with Crippen molar-refractivity contribution in [3.63, 3.8) is 0 Å². The van der Waals surface area contributed by atoms with E-state index in [-0.39, 0.29) is 18.4 Å². The molecular weight excluding hydrogens is 424 g/mol. The van der Waals surface area contributed by atoms with Crippen molar-refractivity contribution in [1.82, 2.24) is 10.2 Å². The molecule has 0 radical (unpaired) electrons. The van der Waals surface area contributed by atoms with Gasteiger partial charge in [-0.25, -0.2) is 0 Å². The second-order valence-corrected chi connectivity index (χ2v) is 8.78. The maximum atomic E-state index is 13.5. The van der Waals surface area contributed by atoms with Gasteiger partial charge in [-0.15, -0.1) is 0 Å². The lowest BCUT2D eigenvalue weighted by molar-refractivity contribution is -0.142. The van der Waals surface area contributed by atoms with Crippen LogP contribution in [0.5, 0.6) is 5.75 Å². The molecule has 0 aliphatic carbocycles. The summed E-state index contributed by atoms with van der Waals surface area (Å²) in [5.41, 5.74) is 4.27. The third kappa shape index (κ3) is 6.70. The number of carbonyl (C=O) groups excluding carboxylic acids is 2. The average molecular weight is 459 g/mol. The maximum absolute atomic E-state index is 13.5. The highest BCUT2D eigenvalue weighted by Gasteiger charge is 2.30. The molecule has 0 bridgehead atoms. The van der Waals surface area contributed by atoms with Gasteiger partial charge in [0, 0.05) is 20.0 Å². The lowest BCUT2D eigenvalue weighted by Gasteiger charge is -2.31. The van der Waals surface area contributed by atoms with Gasteiger partial charge in [-0.2, -0.15) is 0 Å². The van der Waals surface area contributed by atoms with Gasteiger partial charge in [0.2, 0.25) is 5.91 Å². The number of aryl methyl sites for hydroxylation is 1. The van der Waals surface area contributed by atoms with Gasteiger partial charge in [-0.05, 0) is 47.2 Å². The lowest BCUT2D eigenvalue weighted by atomic mass is 10.0. The fraction of sp³-hybridized carbons (Fsp3) is 0.310. The molecule has 1 atom stereocenters. The SMILES string of the molecule is CNC(=O)[C@H](Cc1ccccc1)N(Cc1ccccc1C)C(=O)COc1ccc(C(C)C)cc1. The normalized spacial score (nSPS) is 11.7. The van der Waals surface area contributed by atoms with E-state index in [2.05, 4.69) is 19.2 Å². The molecule has 0 saturated heterocycles. The molecule has 5 nitrogen and oxygen atoms in total. The molecule has 1 N–H and O–H groups in total. The Kier molecular flexibility index (Phi) is 8.86. The molecule has 5 heteroatoms. The van der Waals surface area contributed by atoms with E-state index in [1.54, 1.807) is 11.9 Å². The summed E-state index contributed by atoms with van der Waals surface area (Å²) in [6.07, 6.45) is 0.418. The number of likely N-dealkylation sites (N-methyl/N-ethyl adjacent to an activating group) is 1. The summed E-state index contributed by atoms with van der Waals surface area (Å²) < 4.78 is 5.84. The zero-order valence-corrected chi connectivity index (χ0v) is 20.5. The monoisotopic (exact) mass is 458 g/mol. The fourth-order valence-corrected chi connectivity index (χ4v) is 3.87. The van der Waals surface area contributed by atoms with Gasteiger partial charge in [-0.1, -0.05) is 80.6 Å². The van der Waals surface area contributed by atoms with Gasteiger partial charge in [0.15, 0.2) is 6.61 Å². The summed E-state index contributed by atoms with van der Waals surface area (Å²) >= 11 is 0. The van der Waals surface area contributed by atoms with Crippen LogP contribution in [-0.4, -0.2) is 36.4 Å². The Bertz CT molecular complexity index is 1080. The predicted molar refractivity (Wildman–Crippen MR) is 136 cm³/mol. The topological polar surface area (TPSA) is 58.6 Å². The van der Waals surface area contributed by atoms with Crippen molar-refractivity contribution in [1.29, 1.82) is 0 Å². The molecule has 0 spiro atoms. The van der Waals surface area contributed by atoms with Crippen LogP contribution in [0.2, 0.25) is 0 Å². The van der Waals surface area contributed by atoms with E-state index in [0.717, 1.165) is 16.7 Å². The van der Waals surface area contributed by atoms with Crippen molar-refractivity contribution in [2.45, 2.75) is 45.7 Å². The van der Waals surface area contributed by atoms with Gasteiger partial charge in [-0.3, -0.25) is 9.59 Å². The summed E-state index contributed by atoms with van der Waals surface area (Å²) in [5.74, 6) is 0.618. The first-order chi connectivity index (χ1) is 16.4. The number of hydrogen-bond acceptors (Lipinski definition) is 3. The number of carbonyl (C=O) groups is 2. The van der Waals surface area contributed by atoms with E-state index < -0.39 is 6.04 Å². The summed E-state index contributed by atoms with van der Waals surface area (Å²) in [4.78, 5) is 28.1. The van der Waals surface area contributed by atoms with E-state index in [0.29, 0.717) is 24.6 Å². The quantitative estimate of drug-likeness (QED) is 0.471. The van der Waals surface area contributed by atoms with Crippen LogP contribution in [0, 0.1) is 6.92 Å². The minimum atomic E-state index is -0.661. The molecular formula is C29H34N2O3. The number of amides is 2. The van der Waals surface area contributed by atoms with Crippen LogP contribution in [-0.2, 0) is 22.6 Å². The van der Waals surface area contributed by atoms with Gasteiger partial charge in [0.05, 0.1) is 0 Å². The van der Waals surface area contributed by atoms with Gasteiger partial charge < -0.3 is 15.0 Å². The molecule has 34 heavy (non-hydrogen) atoms. The van der Waals surface area contributed by atoms with Crippen molar-refractivity contribution in [3.8, 4) is 5.75 Å². The number of benzene rings is 3. The molecule has 0 aliphatic rings. The summed E-state index contributed by atoms with van der Waals surface area (Å²) in [5, 5.41) is 2.74. The first-order valence-corrected chi connectivity index (χ1v) is 11.7. The number of hydrogen-bond donors (Lipinski definition) is 1. The molecule has 3 aromatic rings. The highest BCUT2D eigenvalue weighted by atomic mass is 16.5. The third-order valence-corrected chi connectivity index (χ3v) is 6.03. The average Bonchev–Trinajstić information content (AvgIpc) is 2.86. The smallest absolute Gasteiger partial charge is 0.261 e. The zero-order chi connectivity index (χ0) is 24.5. The van der Waals surface area contributed by atoms with Gasteiger partial charge >= 0.3 is 0 Å². The Morgan fingerprint density at radius 3 is 2.18 bits per heavy atom. The van der Waals surface area contributed by atoms with Crippen molar-refractivity contribution in [3.05, 3.63) is 101 Å². The zero-order valence-electron chi connectivity index (χ0n) is 20.5. The Balaban J connectivity index is 1.85. The Hall–Kier alpha value is -3.60. The van der Waals surface area contributed by atoms with E-state index >= 15 is 0 Å². The Labute approximate surface area is 202 Å². The molecule has 3 rings (SSSR count). The lowest BCUT2D eigenvalue weighted by Crippen LogP contribution is -2.51. The van der Waals surface area contributed by atoms with E-state index in [1.807, 2.05) is 85.8 Å². The third-order valence-electron chi connectivity index (χ3n) is 6.03. The van der Waals surface area contributed by atoms with Crippen molar-refractivity contribution in [2.75, 3.05) is 13.7 Å². The highest BCUT2D eigenvalue weighted by molar-refractivity contribution is 5.88. The Morgan fingerprint density at radius 1 is 0.912 bits per heavy atom. The van der Waals surface area contributed by atoms with E-state index in [4.69, 9.17) is 4.74 Å². The largest absolute Gasteiger partial charge is 0.484 e. The molecule has 0 fully saturated rings. The molecule has 178 valence electrons. The van der Waals surface area contributed by atoms with Crippen LogP contribution in [0.15, 0.2) is 78.9 Å². The fourth-order valence-electron chi connectivity index (χ4n) is 3.87. The highest BCUT2D eigenvalue weighted by Crippen LogP contribution is 2.20. The minimum absolute atomic E-state index is 0.144. The van der Waals surface area contributed by atoms with Crippen molar-refractivity contribution in [2.24, 2.45) is 0 Å². The van der Waals surface area contributed by atoms with E-state index in [1.165, 1.54) is 5.56 Å². The van der Waals surface area contributed by atoms with Crippen LogP contribution in [0.4, 0.5) is 0 Å². The van der Waals surface area contributed by atoms with E-state index in [9.17, 15) is 9.59 Å².